The Labute approximate surface area is 288 Å². The third kappa shape index (κ3) is 12.9. The zero-order chi connectivity index (χ0) is 36.7. The van der Waals surface area contributed by atoms with Gasteiger partial charge in [0.15, 0.2) is 17.3 Å². The Kier molecular flexibility index (Phi) is 14.7. The van der Waals surface area contributed by atoms with E-state index in [-0.39, 0.29) is 29.3 Å². The van der Waals surface area contributed by atoms with Gasteiger partial charge in [0.2, 0.25) is 0 Å². The van der Waals surface area contributed by atoms with Crippen molar-refractivity contribution >= 4 is 24.9 Å². The molecule has 9 nitrogen and oxygen atoms in total. The summed E-state index contributed by atoms with van der Waals surface area (Å²) in [6.45, 7) is 2.95. The van der Waals surface area contributed by atoms with Crippen molar-refractivity contribution in [3.05, 3.63) is 150 Å². The van der Waals surface area contributed by atoms with E-state index in [0.29, 0.717) is 39.7 Å². The van der Waals surface area contributed by atoms with Gasteiger partial charge in [-0.15, -0.1) is 0 Å². The van der Waals surface area contributed by atoms with Gasteiger partial charge in [-0.05, 0) is 74.5 Å². The van der Waals surface area contributed by atoms with Crippen LogP contribution in [0.15, 0.2) is 121 Å². The van der Waals surface area contributed by atoms with E-state index in [1.165, 1.54) is 76.6 Å². The number of hydrogen-bond acceptors (Lipinski definition) is 9. The molecular formula is C38H35F2O9P. The van der Waals surface area contributed by atoms with E-state index in [9.17, 15) is 27.7 Å². The maximum absolute atomic E-state index is 13.1. The van der Waals surface area contributed by atoms with Gasteiger partial charge in [-0.25, -0.2) is 8.78 Å². The second kappa shape index (κ2) is 18.9. The van der Waals surface area contributed by atoms with E-state index >= 15 is 0 Å². The number of hydrogen-bond donors (Lipinski definition) is 1. The molecule has 0 saturated heterocycles. The van der Waals surface area contributed by atoms with Gasteiger partial charge in [0.05, 0.1) is 0 Å². The second-order valence-electron chi connectivity index (χ2n) is 10.4. The molecule has 5 aromatic rings. The van der Waals surface area contributed by atoms with Crippen molar-refractivity contribution in [1.82, 2.24) is 0 Å². The molecule has 0 aromatic heterocycles. The highest BCUT2D eigenvalue weighted by Gasteiger charge is 2.26. The van der Waals surface area contributed by atoms with Crippen LogP contribution in [0, 0.1) is 11.6 Å². The molecule has 0 aliphatic rings. The summed E-state index contributed by atoms with van der Waals surface area (Å²) in [7, 11) is -0.984. The lowest BCUT2D eigenvalue weighted by Crippen LogP contribution is -2.08. The van der Waals surface area contributed by atoms with E-state index in [4.69, 9.17) is 23.6 Å². The van der Waals surface area contributed by atoms with Crippen LogP contribution >= 0.6 is 7.60 Å². The summed E-state index contributed by atoms with van der Waals surface area (Å²) < 4.78 is 58.6. The van der Waals surface area contributed by atoms with Crippen LogP contribution in [0.5, 0.6) is 28.7 Å². The Bertz CT molecular complexity index is 1970. The monoisotopic (exact) mass is 704 g/mol. The molecule has 0 aliphatic carbocycles. The summed E-state index contributed by atoms with van der Waals surface area (Å²) in [6, 6.07) is 30.9. The fourth-order valence-electron chi connectivity index (χ4n) is 4.04. The minimum atomic E-state index is -3.43. The Morgan fingerprint density at radius 2 is 0.960 bits per heavy atom. The highest BCUT2D eigenvalue weighted by atomic mass is 31.2. The van der Waals surface area contributed by atoms with Crippen LogP contribution < -0.4 is 9.47 Å². The van der Waals surface area contributed by atoms with Crippen molar-refractivity contribution in [2.45, 2.75) is 13.8 Å². The van der Waals surface area contributed by atoms with Crippen LogP contribution in [0.1, 0.15) is 44.9 Å². The number of halogens is 2. The highest BCUT2D eigenvalue weighted by molar-refractivity contribution is 7.54. The van der Waals surface area contributed by atoms with E-state index < -0.39 is 19.2 Å². The molecule has 5 aromatic carbocycles. The smallest absolute Gasteiger partial charge is 0.337 e. The molecule has 5 rings (SSSR count). The third-order valence-corrected chi connectivity index (χ3v) is 8.39. The van der Waals surface area contributed by atoms with E-state index in [1.807, 2.05) is 0 Å². The molecule has 0 aliphatic heterocycles. The summed E-state index contributed by atoms with van der Waals surface area (Å²) in [6.07, 6.45) is -0.372. The fourth-order valence-corrected chi connectivity index (χ4v) is 4.98. The molecule has 0 fully saturated rings. The number of phenols is 1. The van der Waals surface area contributed by atoms with Gasteiger partial charge in [0.1, 0.15) is 46.5 Å². The molecule has 0 atom stereocenters. The lowest BCUT2D eigenvalue weighted by molar-refractivity contribution is 0.100. The van der Waals surface area contributed by atoms with Crippen molar-refractivity contribution in [2.24, 2.45) is 0 Å². The van der Waals surface area contributed by atoms with Crippen molar-refractivity contribution in [1.29, 1.82) is 0 Å². The molecule has 50 heavy (non-hydrogen) atoms. The Hall–Kier alpha value is -5.48. The first-order valence-corrected chi connectivity index (χ1v) is 16.6. The van der Waals surface area contributed by atoms with Gasteiger partial charge in [-0.3, -0.25) is 18.9 Å². The van der Waals surface area contributed by atoms with E-state index in [2.05, 4.69) is 0 Å². The summed E-state index contributed by atoms with van der Waals surface area (Å²) >= 11 is 0. The summed E-state index contributed by atoms with van der Waals surface area (Å²) in [5.41, 5.74) is 1.41. The molecule has 0 heterocycles. The van der Waals surface area contributed by atoms with E-state index in [1.54, 1.807) is 72.8 Å². The molecular weight excluding hydrogens is 669 g/mol. The van der Waals surface area contributed by atoms with Crippen molar-refractivity contribution in [3.8, 4) is 28.7 Å². The quantitative estimate of drug-likeness (QED) is 0.106. The zero-order valence-corrected chi connectivity index (χ0v) is 28.6. The lowest BCUT2D eigenvalue weighted by Gasteiger charge is -2.13. The van der Waals surface area contributed by atoms with Crippen LogP contribution in [-0.2, 0) is 13.6 Å². The predicted octanol–water partition coefficient (Wildman–Crippen LogP) is 9.70. The molecule has 0 saturated carbocycles. The normalized spacial score (nSPS) is 10.4. The Morgan fingerprint density at radius 3 is 1.36 bits per heavy atom. The molecule has 260 valence electrons. The van der Waals surface area contributed by atoms with Crippen LogP contribution in [0.25, 0.3) is 0 Å². The van der Waals surface area contributed by atoms with Crippen LogP contribution in [0.4, 0.5) is 8.78 Å². The number of carbonyl (C=O) groups is 3. The first-order chi connectivity index (χ1) is 23.8. The fraction of sp³-hybridized carbons (Fsp3) is 0.132. The second-order valence-corrected chi connectivity index (χ2v) is 12.7. The molecule has 0 bridgehead atoms. The van der Waals surface area contributed by atoms with Gasteiger partial charge in [-0.1, -0.05) is 48.5 Å². The maximum Gasteiger partial charge on any atom is 0.337 e. The first-order valence-electron chi connectivity index (χ1n) is 14.9. The standard InChI is InChI=1S/C16H16FO5P.C14H11FO2.C8H8O2/c1-20-23(19,21-2)11-16(18)12-5-3-7-14(9-12)22-15-8-4-6-13(17)10-15;1-10(16)11-4-2-6-13(8-11)17-14-7-3-5-12(15)9-14;1-6(9)7-3-2-4-8(10)5-7/h3-10H,11H2,1-2H3;2-9H,1H3;2-5,10H,1H3. The molecule has 0 radical (unpaired) electrons. The van der Waals surface area contributed by atoms with Crippen molar-refractivity contribution in [3.63, 3.8) is 0 Å². The average molecular weight is 705 g/mol. The van der Waals surface area contributed by atoms with Crippen LogP contribution in [0.2, 0.25) is 0 Å². The highest BCUT2D eigenvalue weighted by Crippen LogP contribution is 2.46. The summed E-state index contributed by atoms with van der Waals surface area (Å²) in [5, 5.41) is 8.91. The lowest BCUT2D eigenvalue weighted by atomic mass is 10.1. The number of carbonyl (C=O) groups excluding carboxylic acids is 3. The Morgan fingerprint density at radius 1 is 0.580 bits per heavy atom. The third-order valence-electron chi connectivity index (χ3n) is 6.61. The number of rotatable bonds is 11. The summed E-state index contributed by atoms with van der Waals surface area (Å²) in [5.74, 6) is 0.496. The molecule has 1 N–H and O–H groups in total. The number of ether oxygens (including phenoxy) is 2. The number of benzene rings is 5. The van der Waals surface area contributed by atoms with Gasteiger partial charge >= 0.3 is 7.60 Å². The topological polar surface area (TPSA) is 125 Å². The molecule has 0 unspecified atom stereocenters. The van der Waals surface area contributed by atoms with Crippen molar-refractivity contribution < 1.29 is 51.4 Å². The number of phenolic OH excluding ortho intramolecular Hbond substituents is 1. The minimum Gasteiger partial charge on any atom is -0.508 e. The number of Topliss-reactive ketones (excluding diaryl/α,β-unsaturated/α-hetero) is 3. The van der Waals surface area contributed by atoms with Crippen molar-refractivity contribution in [2.75, 3.05) is 20.4 Å². The van der Waals surface area contributed by atoms with Gasteiger partial charge < -0.3 is 23.6 Å². The first kappa shape index (κ1) is 39.0. The minimum absolute atomic E-state index is 0.0316. The zero-order valence-electron chi connectivity index (χ0n) is 27.7. The molecule has 12 heteroatoms. The van der Waals surface area contributed by atoms with Crippen LogP contribution in [-0.4, -0.2) is 42.8 Å². The number of ketones is 3. The van der Waals surface area contributed by atoms with Gasteiger partial charge in [-0.2, -0.15) is 0 Å². The largest absolute Gasteiger partial charge is 0.508 e. The molecule has 0 amide bonds. The van der Waals surface area contributed by atoms with Crippen LogP contribution in [0.3, 0.4) is 0 Å². The van der Waals surface area contributed by atoms with E-state index in [0.717, 1.165) is 0 Å². The molecule has 0 spiro atoms. The maximum atomic E-state index is 13.1. The SMILES string of the molecule is CC(=O)c1cccc(O)c1.CC(=O)c1cccc(Oc2cccc(F)c2)c1.COP(=O)(CC(=O)c1cccc(Oc2cccc(F)c2)c1)OC. The Balaban J connectivity index is 0.000000219. The van der Waals surface area contributed by atoms with Gasteiger partial charge in [0, 0.05) is 43.0 Å². The predicted molar refractivity (Wildman–Crippen MR) is 185 cm³/mol. The number of aromatic hydroxyl groups is 1. The van der Waals surface area contributed by atoms with Gasteiger partial charge in [0.25, 0.3) is 0 Å². The average Bonchev–Trinajstić information content (AvgIpc) is 3.09. The summed E-state index contributed by atoms with van der Waals surface area (Å²) in [4.78, 5) is 34.1.